The molecule has 2 aromatic heterocycles. The van der Waals surface area contributed by atoms with Gasteiger partial charge in [-0.15, -0.1) is 5.10 Å². The lowest BCUT2D eigenvalue weighted by Gasteiger charge is -2.12. The van der Waals surface area contributed by atoms with Gasteiger partial charge in [0, 0.05) is 17.6 Å². The van der Waals surface area contributed by atoms with Crippen molar-refractivity contribution in [2.45, 2.75) is 29.1 Å². The van der Waals surface area contributed by atoms with Gasteiger partial charge in [-0.05, 0) is 66.7 Å². The molecule has 1 unspecified atom stereocenters. The summed E-state index contributed by atoms with van der Waals surface area (Å²) < 4.78 is 29.0. The number of benzene rings is 2. The number of sulfonamides is 1. The summed E-state index contributed by atoms with van der Waals surface area (Å²) in [4.78, 5) is 20.6. The van der Waals surface area contributed by atoms with E-state index >= 15 is 0 Å². The average molecular weight is 497 g/mol. The lowest BCUT2D eigenvalue weighted by Crippen LogP contribution is -2.23. The van der Waals surface area contributed by atoms with Crippen LogP contribution < -0.4 is 10.0 Å². The van der Waals surface area contributed by atoms with Crippen molar-refractivity contribution in [1.29, 1.82) is 0 Å². The van der Waals surface area contributed by atoms with E-state index in [9.17, 15) is 13.2 Å². The molecular formula is C21H20N8O3S2. The molecule has 0 aliphatic carbocycles. The van der Waals surface area contributed by atoms with Crippen molar-refractivity contribution in [3.05, 3.63) is 72.6 Å². The van der Waals surface area contributed by atoms with Gasteiger partial charge in [0.2, 0.25) is 17.0 Å². The van der Waals surface area contributed by atoms with Crippen LogP contribution in [0.4, 0.5) is 11.6 Å². The van der Waals surface area contributed by atoms with Crippen LogP contribution in [0.1, 0.15) is 12.6 Å². The Morgan fingerprint density at radius 3 is 2.50 bits per heavy atom. The number of aromatic nitrogens is 6. The molecule has 1 amide bonds. The molecule has 2 aromatic carbocycles. The van der Waals surface area contributed by atoms with E-state index in [0.717, 1.165) is 5.69 Å². The van der Waals surface area contributed by atoms with E-state index in [-0.39, 0.29) is 16.8 Å². The SMILES string of the molecule is Cc1ccnc(NS(=O)(=O)c2ccc(NC(=O)C(C)Sc3nnnn3-c3ccccc3)cc2)n1. The zero-order valence-corrected chi connectivity index (χ0v) is 19.8. The third-order valence-electron chi connectivity index (χ3n) is 4.55. The molecule has 0 saturated carbocycles. The summed E-state index contributed by atoms with van der Waals surface area (Å²) in [6.45, 7) is 3.47. The van der Waals surface area contributed by atoms with Crippen molar-refractivity contribution >= 4 is 39.3 Å². The van der Waals surface area contributed by atoms with E-state index in [1.807, 2.05) is 30.3 Å². The maximum atomic E-state index is 12.7. The van der Waals surface area contributed by atoms with Crippen LogP contribution in [-0.4, -0.2) is 49.8 Å². The first kappa shape index (κ1) is 23.3. The topological polar surface area (TPSA) is 145 Å². The van der Waals surface area contributed by atoms with Gasteiger partial charge in [-0.3, -0.25) is 4.79 Å². The molecule has 174 valence electrons. The van der Waals surface area contributed by atoms with Crippen LogP contribution in [0.5, 0.6) is 0 Å². The van der Waals surface area contributed by atoms with Crippen LogP contribution in [0.25, 0.3) is 5.69 Å². The Kier molecular flexibility index (Phi) is 6.84. The quantitative estimate of drug-likeness (QED) is 0.352. The summed E-state index contributed by atoms with van der Waals surface area (Å²) >= 11 is 1.20. The van der Waals surface area contributed by atoms with Crippen molar-refractivity contribution in [1.82, 2.24) is 30.2 Å². The van der Waals surface area contributed by atoms with E-state index in [1.165, 1.54) is 42.2 Å². The molecule has 34 heavy (non-hydrogen) atoms. The number of amides is 1. The first-order valence-electron chi connectivity index (χ1n) is 10.1. The van der Waals surface area contributed by atoms with Crippen molar-refractivity contribution in [3.8, 4) is 5.69 Å². The Labute approximate surface area is 200 Å². The van der Waals surface area contributed by atoms with Gasteiger partial charge >= 0.3 is 0 Å². The number of aryl methyl sites for hydroxylation is 1. The fourth-order valence-corrected chi connectivity index (χ4v) is 4.59. The van der Waals surface area contributed by atoms with Crippen LogP contribution in [0, 0.1) is 6.92 Å². The smallest absolute Gasteiger partial charge is 0.264 e. The van der Waals surface area contributed by atoms with Crippen molar-refractivity contribution < 1.29 is 13.2 Å². The normalized spacial score (nSPS) is 12.2. The zero-order chi connectivity index (χ0) is 24.1. The summed E-state index contributed by atoms with van der Waals surface area (Å²) in [6, 6.07) is 16.8. The fourth-order valence-electron chi connectivity index (χ4n) is 2.83. The number of hydrogen-bond donors (Lipinski definition) is 2. The van der Waals surface area contributed by atoms with E-state index in [1.54, 1.807) is 24.6 Å². The van der Waals surface area contributed by atoms with Gasteiger partial charge in [0.05, 0.1) is 15.8 Å². The Bertz CT molecular complexity index is 1390. The number of nitrogens with zero attached hydrogens (tertiary/aromatic N) is 6. The van der Waals surface area contributed by atoms with E-state index < -0.39 is 15.3 Å². The van der Waals surface area contributed by atoms with Gasteiger partial charge in [-0.25, -0.2) is 23.1 Å². The van der Waals surface area contributed by atoms with E-state index in [2.05, 4.69) is 35.5 Å². The van der Waals surface area contributed by atoms with E-state index in [4.69, 9.17) is 0 Å². The minimum absolute atomic E-state index is 0.0129. The molecule has 0 aliphatic heterocycles. The lowest BCUT2D eigenvalue weighted by molar-refractivity contribution is -0.115. The van der Waals surface area contributed by atoms with Gasteiger partial charge in [0.25, 0.3) is 10.0 Å². The summed E-state index contributed by atoms with van der Waals surface area (Å²) in [5, 5.41) is 14.4. The number of anilines is 2. The van der Waals surface area contributed by atoms with Crippen LogP contribution in [-0.2, 0) is 14.8 Å². The molecule has 0 spiro atoms. The summed E-state index contributed by atoms with van der Waals surface area (Å²) in [6.07, 6.45) is 1.47. The number of tetrazole rings is 1. The Morgan fingerprint density at radius 2 is 1.79 bits per heavy atom. The standard InChI is InChI=1S/C21H20N8O3S2/c1-14-12-13-22-20(23-14)26-34(31,32)18-10-8-16(9-11-18)24-19(30)15(2)33-21-25-27-28-29(21)17-6-4-3-5-7-17/h3-13,15H,1-2H3,(H,24,30)(H,22,23,26). The molecule has 0 bridgehead atoms. The summed E-state index contributed by atoms with van der Waals surface area (Å²) in [5.74, 6) is -0.296. The predicted molar refractivity (Wildman–Crippen MR) is 127 cm³/mol. The number of hydrogen-bond acceptors (Lipinski definition) is 9. The van der Waals surface area contributed by atoms with Gasteiger partial charge in [-0.2, -0.15) is 4.68 Å². The minimum atomic E-state index is -3.87. The van der Waals surface area contributed by atoms with Crippen LogP contribution in [0.15, 0.2) is 76.9 Å². The first-order chi connectivity index (χ1) is 16.3. The number of carbonyl (C=O) groups is 1. The maximum absolute atomic E-state index is 12.7. The molecular weight excluding hydrogens is 476 g/mol. The molecule has 0 saturated heterocycles. The fraction of sp³-hybridized carbons (Fsp3) is 0.143. The monoisotopic (exact) mass is 496 g/mol. The molecule has 4 aromatic rings. The Balaban J connectivity index is 1.40. The summed E-state index contributed by atoms with van der Waals surface area (Å²) in [5.41, 5.74) is 1.87. The Morgan fingerprint density at radius 1 is 1.06 bits per heavy atom. The highest BCUT2D eigenvalue weighted by Crippen LogP contribution is 2.24. The highest BCUT2D eigenvalue weighted by atomic mass is 32.2. The number of thioether (sulfide) groups is 1. The number of carbonyl (C=O) groups excluding carboxylic acids is 1. The highest BCUT2D eigenvalue weighted by Gasteiger charge is 2.20. The third kappa shape index (κ3) is 5.55. The van der Waals surface area contributed by atoms with E-state index in [0.29, 0.717) is 16.5 Å². The van der Waals surface area contributed by atoms with Crippen molar-refractivity contribution in [3.63, 3.8) is 0 Å². The number of para-hydroxylation sites is 1. The number of rotatable bonds is 8. The van der Waals surface area contributed by atoms with Crippen molar-refractivity contribution in [2.75, 3.05) is 10.0 Å². The summed E-state index contributed by atoms with van der Waals surface area (Å²) in [7, 11) is -3.87. The second-order valence-corrected chi connectivity index (χ2v) is 10.1. The minimum Gasteiger partial charge on any atom is -0.325 e. The van der Waals surface area contributed by atoms with Crippen LogP contribution in [0.3, 0.4) is 0 Å². The second kappa shape index (κ2) is 9.97. The lowest BCUT2D eigenvalue weighted by atomic mass is 10.3. The van der Waals surface area contributed by atoms with Gasteiger partial charge in [-0.1, -0.05) is 30.0 Å². The van der Waals surface area contributed by atoms with Gasteiger partial charge in [0.1, 0.15) is 0 Å². The van der Waals surface area contributed by atoms with Gasteiger partial charge in [0.15, 0.2) is 0 Å². The molecule has 13 heteroatoms. The molecule has 1 atom stereocenters. The molecule has 0 aliphatic rings. The molecule has 2 heterocycles. The van der Waals surface area contributed by atoms with Crippen molar-refractivity contribution in [2.24, 2.45) is 0 Å². The highest BCUT2D eigenvalue weighted by molar-refractivity contribution is 8.00. The molecule has 4 rings (SSSR count). The van der Waals surface area contributed by atoms with Crippen LogP contribution in [0.2, 0.25) is 0 Å². The molecule has 0 fully saturated rings. The first-order valence-corrected chi connectivity index (χ1v) is 12.4. The largest absolute Gasteiger partial charge is 0.325 e. The zero-order valence-electron chi connectivity index (χ0n) is 18.2. The molecule has 2 N–H and O–H groups in total. The number of nitrogens with one attached hydrogen (secondary N) is 2. The molecule has 0 radical (unpaired) electrons. The average Bonchev–Trinajstić information content (AvgIpc) is 3.28. The third-order valence-corrected chi connectivity index (χ3v) is 6.92. The van der Waals surface area contributed by atoms with Crippen LogP contribution >= 0.6 is 11.8 Å². The maximum Gasteiger partial charge on any atom is 0.264 e. The predicted octanol–water partition coefficient (Wildman–Crippen LogP) is 2.68. The second-order valence-electron chi connectivity index (χ2n) is 7.11. The molecule has 11 nitrogen and oxygen atoms in total. The Hall–Kier alpha value is -3.84. The van der Waals surface area contributed by atoms with Gasteiger partial charge < -0.3 is 5.32 Å².